The Kier molecular flexibility index (Phi) is 6.68. The van der Waals surface area contributed by atoms with Crippen molar-refractivity contribution in [2.24, 2.45) is 0 Å². The van der Waals surface area contributed by atoms with E-state index in [1.807, 2.05) is 12.1 Å². The Balaban J connectivity index is 1.26. The van der Waals surface area contributed by atoms with E-state index in [1.165, 1.54) is 61.9 Å². The number of nitrogens with zero attached hydrogens (tertiary/aromatic N) is 4. The second-order valence-corrected chi connectivity index (χ2v) is 12.6. The Morgan fingerprint density at radius 2 is 1.92 bits per heavy atom. The lowest BCUT2D eigenvalue weighted by Crippen LogP contribution is -2.54. The molecule has 2 N–H and O–H groups in total. The molecule has 1 aromatic heterocycles. The summed E-state index contributed by atoms with van der Waals surface area (Å²) in [5.41, 5.74) is 5.31. The van der Waals surface area contributed by atoms with Gasteiger partial charge in [-0.25, -0.2) is 0 Å². The van der Waals surface area contributed by atoms with Gasteiger partial charge < -0.3 is 24.8 Å². The van der Waals surface area contributed by atoms with Gasteiger partial charge in [-0.2, -0.15) is 9.97 Å². The normalized spacial score (nSPS) is 27.8. The summed E-state index contributed by atoms with van der Waals surface area (Å²) in [7, 11) is 1.78. The number of benzene rings is 1. The Bertz CT molecular complexity index is 1210. The fourth-order valence-corrected chi connectivity index (χ4v) is 8.48. The molecule has 8 heteroatoms. The van der Waals surface area contributed by atoms with E-state index >= 15 is 0 Å². The summed E-state index contributed by atoms with van der Waals surface area (Å²) in [6.07, 6.45) is 11.2. The van der Waals surface area contributed by atoms with Crippen molar-refractivity contribution >= 4 is 5.82 Å². The van der Waals surface area contributed by atoms with Crippen molar-refractivity contribution in [3.05, 3.63) is 40.6 Å². The van der Waals surface area contributed by atoms with Gasteiger partial charge in [0.05, 0.1) is 23.9 Å². The molecule has 0 radical (unpaired) electrons. The van der Waals surface area contributed by atoms with E-state index in [2.05, 4.69) is 21.2 Å². The highest BCUT2D eigenvalue weighted by Crippen LogP contribution is 2.48. The number of aryl methyl sites for hydroxylation is 1. The van der Waals surface area contributed by atoms with Crippen LogP contribution in [0.3, 0.4) is 0 Å². The van der Waals surface area contributed by atoms with Crippen molar-refractivity contribution in [1.29, 1.82) is 0 Å². The number of phenols is 1. The molecule has 2 atom stereocenters. The summed E-state index contributed by atoms with van der Waals surface area (Å²) >= 11 is 0. The summed E-state index contributed by atoms with van der Waals surface area (Å²) in [4.78, 5) is 15.4. The predicted molar refractivity (Wildman–Crippen MR) is 151 cm³/mol. The maximum Gasteiger partial charge on any atom is 0.318 e. The highest BCUT2D eigenvalue weighted by molar-refractivity contribution is 5.55. The van der Waals surface area contributed by atoms with E-state index in [4.69, 9.17) is 19.4 Å². The smallest absolute Gasteiger partial charge is 0.318 e. The summed E-state index contributed by atoms with van der Waals surface area (Å²) in [5, 5.41) is 13.9. The van der Waals surface area contributed by atoms with Crippen LogP contribution in [0.1, 0.15) is 67.3 Å². The molecule has 8 nitrogen and oxygen atoms in total. The molecule has 0 amide bonds. The number of ether oxygens (including phenoxy) is 2. The zero-order valence-corrected chi connectivity index (χ0v) is 23.4. The zero-order valence-electron chi connectivity index (χ0n) is 23.4. The Morgan fingerprint density at radius 1 is 1.05 bits per heavy atom. The number of aromatic hydroxyl groups is 1. The molecule has 4 heterocycles. The van der Waals surface area contributed by atoms with Crippen LogP contribution in [0.5, 0.6) is 11.8 Å². The first-order valence-electron chi connectivity index (χ1n) is 15.2. The van der Waals surface area contributed by atoms with Crippen LogP contribution in [-0.4, -0.2) is 84.6 Å². The zero-order chi connectivity index (χ0) is 26.5. The molecule has 39 heavy (non-hydrogen) atoms. The number of hydrogen-bond acceptors (Lipinski definition) is 8. The molecule has 1 unspecified atom stereocenters. The lowest BCUT2D eigenvalue weighted by atomic mass is 9.62. The van der Waals surface area contributed by atoms with Gasteiger partial charge in [0, 0.05) is 37.7 Å². The number of anilines is 1. The Labute approximate surface area is 232 Å². The van der Waals surface area contributed by atoms with Gasteiger partial charge in [0.25, 0.3) is 0 Å². The van der Waals surface area contributed by atoms with E-state index in [-0.39, 0.29) is 17.0 Å². The van der Waals surface area contributed by atoms with Crippen LogP contribution >= 0.6 is 0 Å². The van der Waals surface area contributed by atoms with Crippen molar-refractivity contribution in [2.45, 2.75) is 81.2 Å². The van der Waals surface area contributed by atoms with Crippen molar-refractivity contribution in [3.8, 4) is 11.8 Å². The first-order valence-corrected chi connectivity index (χ1v) is 15.2. The predicted octanol–water partition coefficient (Wildman–Crippen LogP) is 3.38. The Morgan fingerprint density at radius 3 is 2.77 bits per heavy atom. The van der Waals surface area contributed by atoms with Gasteiger partial charge in [0.1, 0.15) is 18.2 Å². The second-order valence-electron chi connectivity index (χ2n) is 12.6. The number of fused-ring (bicyclic) bond motifs is 4. The van der Waals surface area contributed by atoms with E-state index < -0.39 is 0 Å². The average Bonchev–Trinajstić information content (AvgIpc) is 3.53. The van der Waals surface area contributed by atoms with Crippen LogP contribution < -0.4 is 15.0 Å². The third-order valence-electron chi connectivity index (χ3n) is 10.4. The molecule has 0 bridgehead atoms. The Hall–Kier alpha value is -2.42. The van der Waals surface area contributed by atoms with Crippen molar-refractivity contribution in [2.75, 3.05) is 57.9 Å². The number of phenolic OH excluding ortho intramolecular Hbond substituents is 1. The van der Waals surface area contributed by atoms with Gasteiger partial charge >= 0.3 is 6.01 Å². The van der Waals surface area contributed by atoms with Crippen LogP contribution in [0, 0.1) is 0 Å². The highest BCUT2D eigenvalue weighted by Gasteiger charge is 2.46. The highest BCUT2D eigenvalue weighted by atomic mass is 16.5. The summed E-state index contributed by atoms with van der Waals surface area (Å²) in [6.45, 7) is 6.44. The van der Waals surface area contributed by atoms with Crippen LogP contribution in [0.25, 0.3) is 0 Å². The van der Waals surface area contributed by atoms with E-state index in [9.17, 15) is 5.11 Å². The first kappa shape index (κ1) is 25.5. The molecule has 1 spiro atoms. The molecule has 1 aromatic carbocycles. The molecule has 3 aliphatic heterocycles. The lowest BCUT2D eigenvalue weighted by Gasteiger charge is -2.44. The quantitative estimate of drug-likeness (QED) is 0.585. The molecule has 3 fully saturated rings. The SMILES string of the molecule is COC[C@H]1CNCCN1c1nc(OCC23CCCN2CCC3)nc2c1CCC1(CCCc3ccc(O)cc31)C2. The molecule has 2 aromatic rings. The molecule has 3 saturated heterocycles. The molecular weight excluding hydrogens is 490 g/mol. The van der Waals surface area contributed by atoms with Gasteiger partial charge in [-0.05, 0) is 101 Å². The molecule has 2 aliphatic carbocycles. The third kappa shape index (κ3) is 4.49. The lowest BCUT2D eigenvalue weighted by molar-refractivity contribution is 0.107. The monoisotopic (exact) mass is 533 g/mol. The summed E-state index contributed by atoms with van der Waals surface area (Å²) in [6, 6.07) is 6.77. The number of rotatable bonds is 6. The van der Waals surface area contributed by atoms with Crippen molar-refractivity contribution in [1.82, 2.24) is 20.2 Å². The first-order chi connectivity index (χ1) is 19.1. The minimum atomic E-state index is 0.0179. The number of methoxy groups -OCH3 is 1. The standard InChI is InChI=1S/C31H43N5O3/c1-38-20-23-19-32-13-16-36(23)28-25-8-12-30(9-2-5-22-6-7-24(37)17-26(22)30)18-27(25)33-29(34-28)39-21-31-10-3-14-35(31)15-4-11-31/h6-7,17,23,32,37H,2-5,8-16,18-21H2,1H3/t23-,30?/m1/s1. The van der Waals surface area contributed by atoms with Crippen LogP contribution in [0.4, 0.5) is 5.82 Å². The maximum absolute atomic E-state index is 10.4. The van der Waals surface area contributed by atoms with E-state index in [1.54, 1.807) is 7.11 Å². The van der Waals surface area contributed by atoms with Crippen molar-refractivity contribution < 1.29 is 14.6 Å². The maximum atomic E-state index is 10.4. The van der Waals surface area contributed by atoms with Crippen LogP contribution in [0.2, 0.25) is 0 Å². The van der Waals surface area contributed by atoms with Gasteiger partial charge in [0.15, 0.2) is 0 Å². The van der Waals surface area contributed by atoms with Crippen LogP contribution in [0.15, 0.2) is 18.2 Å². The molecular formula is C31H43N5O3. The van der Waals surface area contributed by atoms with Gasteiger partial charge in [-0.15, -0.1) is 0 Å². The minimum Gasteiger partial charge on any atom is -0.508 e. The largest absolute Gasteiger partial charge is 0.508 e. The van der Waals surface area contributed by atoms with Gasteiger partial charge in [-0.3, -0.25) is 4.90 Å². The molecule has 5 aliphatic rings. The van der Waals surface area contributed by atoms with Gasteiger partial charge in [-0.1, -0.05) is 6.07 Å². The average molecular weight is 534 g/mol. The third-order valence-corrected chi connectivity index (χ3v) is 10.4. The minimum absolute atomic E-state index is 0.0179. The van der Waals surface area contributed by atoms with Gasteiger partial charge in [0.2, 0.25) is 0 Å². The number of aromatic nitrogens is 2. The fraction of sp³-hybridized carbons (Fsp3) is 0.677. The molecule has 210 valence electrons. The summed E-state index contributed by atoms with van der Waals surface area (Å²) < 4.78 is 12.2. The molecule has 0 saturated carbocycles. The van der Waals surface area contributed by atoms with E-state index in [0.29, 0.717) is 25.0 Å². The number of nitrogens with one attached hydrogen (secondary N) is 1. The van der Waals surface area contributed by atoms with Crippen LogP contribution in [-0.2, 0) is 29.4 Å². The topological polar surface area (TPSA) is 83.0 Å². The summed E-state index contributed by atoms with van der Waals surface area (Å²) in [5.74, 6) is 1.42. The fourth-order valence-electron chi connectivity index (χ4n) is 8.48. The van der Waals surface area contributed by atoms with Crippen molar-refractivity contribution in [3.63, 3.8) is 0 Å². The number of hydrogen-bond donors (Lipinski definition) is 2. The van der Waals surface area contributed by atoms with E-state index in [0.717, 1.165) is 63.3 Å². The number of piperazine rings is 1. The second kappa shape index (κ2) is 10.2. The molecule has 7 rings (SSSR count).